The van der Waals surface area contributed by atoms with E-state index in [1.54, 1.807) is 18.2 Å². The summed E-state index contributed by atoms with van der Waals surface area (Å²) in [6.45, 7) is 0.794. The summed E-state index contributed by atoms with van der Waals surface area (Å²) in [5, 5.41) is 3.67. The van der Waals surface area contributed by atoms with Gasteiger partial charge in [0.05, 0.1) is 11.6 Å². The molecular formula is C18H20Cl2N2O2. The monoisotopic (exact) mass is 366 g/mol. The van der Waals surface area contributed by atoms with Crippen molar-refractivity contribution in [3.05, 3.63) is 64.1 Å². The molecule has 2 aromatic rings. The smallest absolute Gasteiger partial charge is 0.220 e. The van der Waals surface area contributed by atoms with Crippen molar-refractivity contribution in [2.45, 2.75) is 18.9 Å². The van der Waals surface area contributed by atoms with Crippen LogP contribution in [0, 0.1) is 0 Å². The highest BCUT2D eigenvalue weighted by Gasteiger charge is 2.09. The lowest BCUT2D eigenvalue weighted by Crippen LogP contribution is -2.31. The van der Waals surface area contributed by atoms with Crippen molar-refractivity contribution in [3.63, 3.8) is 0 Å². The van der Waals surface area contributed by atoms with Crippen LogP contribution in [-0.2, 0) is 4.79 Å². The van der Waals surface area contributed by atoms with E-state index in [-0.39, 0.29) is 11.9 Å². The Kier molecular flexibility index (Phi) is 7.37. The van der Waals surface area contributed by atoms with Gasteiger partial charge in [-0.25, -0.2) is 0 Å². The summed E-state index contributed by atoms with van der Waals surface area (Å²) in [5.41, 5.74) is 7.04. The lowest BCUT2D eigenvalue weighted by molar-refractivity contribution is -0.121. The van der Waals surface area contributed by atoms with Gasteiger partial charge in [0, 0.05) is 19.0 Å². The summed E-state index contributed by atoms with van der Waals surface area (Å²) in [4.78, 5) is 11.8. The highest BCUT2D eigenvalue weighted by molar-refractivity contribution is 6.42. The molecule has 2 aromatic carbocycles. The van der Waals surface area contributed by atoms with Crippen LogP contribution in [0.5, 0.6) is 5.75 Å². The van der Waals surface area contributed by atoms with Crippen molar-refractivity contribution in [1.82, 2.24) is 5.32 Å². The number of carbonyl (C=O) groups excluding carboxylic acids is 1. The van der Waals surface area contributed by atoms with E-state index in [2.05, 4.69) is 5.32 Å². The zero-order valence-corrected chi connectivity index (χ0v) is 14.7. The van der Waals surface area contributed by atoms with Gasteiger partial charge in [-0.3, -0.25) is 4.79 Å². The Bertz CT molecular complexity index is 665. The zero-order chi connectivity index (χ0) is 17.4. The third-order valence-corrected chi connectivity index (χ3v) is 4.27. The first-order valence-corrected chi connectivity index (χ1v) is 8.47. The van der Waals surface area contributed by atoms with Crippen LogP contribution in [0.15, 0.2) is 48.5 Å². The molecular weight excluding hydrogens is 347 g/mol. The molecule has 0 aliphatic heterocycles. The van der Waals surface area contributed by atoms with Gasteiger partial charge in [0.1, 0.15) is 10.8 Å². The summed E-state index contributed by atoms with van der Waals surface area (Å²) >= 11 is 11.9. The Morgan fingerprint density at radius 2 is 1.88 bits per heavy atom. The Morgan fingerprint density at radius 1 is 1.12 bits per heavy atom. The van der Waals surface area contributed by atoms with E-state index in [4.69, 9.17) is 33.7 Å². The molecule has 6 heteroatoms. The third kappa shape index (κ3) is 5.71. The highest BCUT2D eigenvalue weighted by atomic mass is 35.5. The van der Waals surface area contributed by atoms with Gasteiger partial charge >= 0.3 is 0 Å². The van der Waals surface area contributed by atoms with Gasteiger partial charge in [0.25, 0.3) is 0 Å². The molecule has 3 N–H and O–H groups in total. The summed E-state index contributed by atoms with van der Waals surface area (Å²) in [6.07, 6.45) is 0.939. The lowest BCUT2D eigenvalue weighted by Gasteiger charge is -2.13. The first-order chi connectivity index (χ1) is 11.6. The molecule has 0 aliphatic rings. The van der Waals surface area contributed by atoms with Gasteiger partial charge in [-0.2, -0.15) is 0 Å². The second-order valence-electron chi connectivity index (χ2n) is 5.33. The molecule has 0 bridgehead atoms. The van der Waals surface area contributed by atoms with Crippen molar-refractivity contribution in [3.8, 4) is 5.75 Å². The molecule has 1 amide bonds. The number of hydrogen-bond donors (Lipinski definition) is 2. The fraction of sp³-hybridized carbons (Fsp3) is 0.278. The van der Waals surface area contributed by atoms with E-state index < -0.39 is 0 Å². The van der Waals surface area contributed by atoms with Crippen LogP contribution in [0.4, 0.5) is 0 Å². The van der Waals surface area contributed by atoms with Crippen molar-refractivity contribution in [1.29, 1.82) is 0 Å². The van der Waals surface area contributed by atoms with Gasteiger partial charge in [0.2, 0.25) is 5.91 Å². The molecule has 0 fully saturated rings. The minimum Gasteiger partial charge on any atom is -0.492 e. The van der Waals surface area contributed by atoms with Crippen LogP contribution >= 0.6 is 23.2 Å². The number of ether oxygens (including phenoxy) is 1. The largest absolute Gasteiger partial charge is 0.492 e. The molecule has 0 heterocycles. The van der Waals surface area contributed by atoms with Gasteiger partial charge in [-0.05, 0) is 24.1 Å². The Hall–Kier alpha value is -1.75. The number of carbonyl (C=O) groups is 1. The minimum atomic E-state index is -0.211. The van der Waals surface area contributed by atoms with Crippen molar-refractivity contribution >= 4 is 29.1 Å². The van der Waals surface area contributed by atoms with Crippen LogP contribution in [0.25, 0.3) is 0 Å². The summed E-state index contributed by atoms with van der Waals surface area (Å²) < 4.78 is 5.54. The summed E-state index contributed by atoms with van der Waals surface area (Å²) in [5.74, 6) is 0.470. The predicted molar refractivity (Wildman–Crippen MR) is 97.6 cm³/mol. The molecule has 24 heavy (non-hydrogen) atoms. The van der Waals surface area contributed by atoms with E-state index >= 15 is 0 Å². The zero-order valence-electron chi connectivity index (χ0n) is 13.2. The van der Waals surface area contributed by atoms with Gasteiger partial charge in [0.15, 0.2) is 0 Å². The molecule has 0 saturated carbocycles. The number of benzene rings is 2. The van der Waals surface area contributed by atoms with Crippen LogP contribution < -0.4 is 15.8 Å². The van der Waals surface area contributed by atoms with Crippen LogP contribution in [0.3, 0.4) is 0 Å². The lowest BCUT2D eigenvalue weighted by atomic mass is 10.1. The first kappa shape index (κ1) is 18.6. The fourth-order valence-electron chi connectivity index (χ4n) is 2.14. The van der Waals surface area contributed by atoms with E-state index in [1.807, 2.05) is 30.3 Å². The SMILES string of the molecule is NC(CNC(=O)CCCOc1cccc(Cl)c1Cl)c1ccccc1. The van der Waals surface area contributed by atoms with Crippen molar-refractivity contribution in [2.24, 2.45) is 5.73 Å². The average molecular weight is 367 g/mol. The van der Waals surface area contributed by atoms with E-state index in [0.717, 1.165) is 5.56 Å². The van der Waals surface area contributed by atoms with Crippen molar-refractivity contribution in [2.75, 3.05) is 13.2 Å². The molecule has 1 unspecified atom stereocenters. The van der Waals surface area contributed by atoms with Gasteiger partial charge < -0.3 is 15.8 Å². The van der Waals surface area contributed by atoms with Crippen molar-refractivity contribution < 1.29 is 9.53 Å². The molecule has 0 radical (unpaired) electrons. The molecule has 0 aliphatic carbocycles. The molecule has 0 saturated heterocycles. The van der Waals surface area contributed by atoms with Crippen LogP contribution in [0.1, 0.15) is 24.4 Å². The third-order valence-electron chi connectivity index (χ3n) is 3.47. The Labute approximate surface area is 151 Å². The minimum absolute atomic E-state index is 0.0535. The predicted octanol–water partition coefficient (Wildman–Crippen LogP) is 3.97. The molecule has 128 valence electrons. The Balaban J connectivity index is 1.66. The number of amides is 1. The summed E-state index contributed by atoms with van der Waals surface area (Å²) in [7, 11) is 0. The van der Waals surface area contributed by atoms with Gasteiger partial charge in [-0.15, -0.1) is 0 Å². The maximum absolute atomic E-state index is 11.8. The standard InChI is InChI=1S/C18H20Cl2N2O2/c19-14-8-4-9-16(18(14)20)24-11-5-10-17(23)22-12-15(21)13-6-2-1-3-7-13/h1-4,6-9,15H,5,10-12,21H2,(H,22,23). The molecule has 1 atom stereocenters. The van der Waals surface area contributed by atoms with Crippen LogP contribution in [-0.4, -0.2) is 19.1 Å². The second kappa shape index (κ2) is 9.52. The van der Waals surface area contributed by atoms with Gasteiger partial charge in [-0.1, -0.05) is 59.6 Å². The van der Waals surface area contributed by atoms with E-state index in [1.165, 1.54) is 0 Å². The fourth-order valence-corrected chi connectivity index (χ4v) is 2.49. The Morgan fingerprint density at radius 3 is 2.62 bits per heavy atom. The maximum atomic E-state index is 11.8. The molecule has 0 aromatic heterocycles. The highest BCUT2D eigenvalue weighted by Crippen LogP contribution is 2.31. The maximum Gasteiger partial charge on any atom is 0.220 e. The summed E-state index contributed by atoms with van der Waals surface area (Å²) in [6, 6.07) is 14.7. The van der Waals surface area contributed by atoms with E-state index in [0.29, 0.717) is 41.8 Å². The number of nitrogens with one attached hydrogen (secondary N) is 1. The molecule has 2 rings (SSSR count). The molecule has 4 nitrogen and oxygen atoms in total. The van der Waals surface area contributed by atoms with Crippen LogP contribution in [0.2, 0.25) is 10.0 Å². The quantitative estimate of drug-likeness (QED) is 0.694. The number of hydrogen-bond acceptors (Lipinski definition) is 3. The number of rotatable bonds is 8. The first-order valence-electron chi connectivity index (χ1n) is 7.72. The normalized spacial score (nSPS) is 11.8. The topological polar surface area (TPSA) is 64.3 Å². The second-order valence-corrected chi connectivity index (χ2v) is 6.11. The average Bonchev–Trinajstić information content (AvgIpc) is 2.60. The molecule has 0 spiro atoms. The number of nitrogens with two attached hydrogens (primary N) is 1. The van der Waals surface area contributed by atoms with E-state index in [9.17, 15) is 4.79 Å². The number of halogens is 2.